The van der Waals surface area contributed by atoms with E-state index in [4.69, 9.17) is 0 Å². The average Bonchev–Trinajstić information content (AvgIpc) is 2.40. The summed E-state index contributed by atoms with van der Waals surface area (Å²) in [5.41, 5.74) is 1.09. The van der Waals surface area contributed by atoms with Crippen LogP contribution in [0.25, 0.3) is 0 Å². The van der Waals surface area contributed by atoms with Crippen molar-refractivity contribution in [2.45, 2.75) is 50.7 Å². The van der Waals surface area contributed by atoms with Gasteiger partial charge in [0.2, 0.25) is 5.91 Å². The van der Waals surface area contributed by atoms with Gasteiger partial charge in [0.05, 0.1) is 5.25 Å². The Morgan fingerprint density at radius 2 is 1.67 bits per heavy atom. The summed E-state index contributed by atoms with van der Waals surface area (Å²) in [5, 5.41) is 1.20. The molecule has 6 heteroatoms. The summed E-state index contributed by atoms with van der Waals surface area (Å²) in [6, 6.07) is 7.71. The molecule has 4 nitrogen and oxygen atoms in total. The van der Waals surface area contributed by atoms with E-state index in [-0.39, 0.29) is 6.04 Å². The average molecular weight is 376 g/mol. The van der Waals surface area contributed by atoms with Crippen LogP contribution in [0.15, 0.2) is 28.7 Å². The number of hydrogen-bond acceptors (Lipinski definition) is 3. The fourth-order valence-electron chi connectivity index (χ4n) is 1.94. The van der Waals surface area contributed by atoms with Gasteiger partial charge in [0.15, 0.2) is 9.84 Å². The first-order chi connectivity index (χ1) is 9.64. The van der Waals surface area contributed by atoms with E-state index < -0.39 is 26.2 Å². The predicted molar refractivity (Wildman–Crippen MR) is 89.0 cm³/mol. The second-order valence-electron chi connectivity index (χ2n) is 5.52. The lowest BCUT2D eigenvalue weighted by molar-refractivity contribution is -0.121. The molecule has 0 unspecified atom stereocenters. The lowest BCUT2D eigenvalue weighted by Gasteiger charge is -2.19. The van der Waals surface area contributed by atoms with Crippen LogP contribution in [-0.4, -0.2) is 30.9 Å². The molecule has 2 atom stereocenters. The van der Waals surface area contributed by atoms with Crippen molar-refractivity contribution in [2.75, 3.05) is 0 Å². The highest BCUT2D eigenvalue weighted by atomic mass is 79.9. The molecule has 0 saturated heterocycles. The van der Waals surface area contributed by atoms with Gasteiger partial charge in [-0.3, -0.25) is 4.79 Å². The largest absolute Gasteiger partial charge is 0.352 e. The van der Waals surface area contributed by atoms with Gasteiger partial charge >= 0.3 is 0 Å². The van der Waals surface area contributed by atoms with Crippen LogP contribution < -0.4 is 5.32 Å². The number of hydrogen-bond donors (Lipinski definition) is 1. The lowest BCUT2D eigenvalue weighted by Crippen LogP contribution is -2.44. The molecule has 118 valence electrons. The van der Waals surface area contributed by atoms with E-state index in [1.165, 1.54) is 6.92 Å². The van der Waals surface area contributed by atoms with Gasteiger partial charge < -0.3 is 5.32 Å². The maximum absolute atomic E-state index is 12.1. The molecular formula is C15H22BrNO3S. The van der Waals surface area contributed by atoms with Crippen LogP contribution in [0.3, 0.4) is 0 Å². The Hall–Kier alpha value is -0.880. The topological polar surface area (TPSA) is 63.2 Å². The summed E-state index contributed by atoms with van der Waals surface area (Å²) in [6.07, 6.45) is 0.660. The van der Waals surface area contributed by atoms with Gasteiger partial charge in [-0.25, -0.2) is 8.42 Å². The molecule has 0 fully saturated rings. The number of nitrogens with one attached hydrogen (secondary N) is 1. The Bertz CT molecular complexity index is 581. The highest BCUT2D eigenvalue weighted by Crippen LogP contribution is 2.13. The van der Waals surface area contributed by atoms with Crippen LogP contribution in [-0.2, 0) is 21.1 Å². The smallest absolute Gasteiger partial charge is 0.238 e. The number of rotatable bonds is 6. The van der Waals surface area contributed by atoms with Crippen LogP contribution in [0, 0.1) is 0 Å². The van der Waals surface area contributed by atoms with Gasteiger partial charge in [0, 0.05) is 10.5 Å². The lowest BCUT2D eigenvalue weighted by atomic mass is 10.1. The molecule has 1 N–H and O–H groups in total. The number of halogens is 1. The minimum Gasteiger partial charge on any atom is -0.352 e. The van der Waals surface area contributed by atoms with Crippen molar-refractivity contribution in [1.29, 1.82) is 0 Å². The zero-order valence-corrected chi connectivity index (χ0v) is 15.2. The molecule has 1 aromatic carbocycles. The van der Waals surface area contributed by atoms with E-state index in [0.29, 0.717) is 6.42 Å². The number of sulfone groups is 1. The molecule has 1 aromatic rings. The van der Waals surface area contributed by atoms with E-state index in [1.807, 2.05) is 31.2 Å². The molecular weight excluding hydrogens is 354 g/mol. The second-order valence-corrected chi connectivity index (χ2v) is 9.26. The summed E-state index contributed by atoms with van der Waals surface area (Å²) in [7, 11) is -3.42. The van der Waals surface area contributed by atoms with E-state index in [0.717, 1.165) is 10.0 Å². The van der Waals surface area contributed by atoms with E-state index in [2.05, 4.69) is 21.2 Å². The monoisotopic (exact) mass is 375 g/mol. The van der Waals surface area contributed by atoms with Gasteiger partial charge in [-0.2, -0.15) is 0 Å². The van der Waals surface area contributed by atoms with Crippen molar-refractivity contribution in [3.8, 4) is 0 Å². The summed E-state index contributed by atoms with van der Waals surface area (Å²) < 4.78 is 25.0. The third-order valence-electron chi connectivity index (χ3n) is 3.36. The zero-order valence-electron chi connectivity index (χ0n) is 12.8. The third-order valence-corrected chi connectivity index (χ3v) is 6.41. The predicted octanol–water partition coefficient (Wildman–Crippen LogP) is 2.71. The van der Waals surface area contributed by atoms with Crippen molar-refractivity contribution >= 4 is 31.7 Å². The highest BCUT2D eigenvalue weighted by molar-refractivity contribution is 9.10. The fourth-order valence-corrected chi connectivity index (χ4v) is 3.39. The summed E-state index contributed by atoms with van der Waals surface area (Å²) in [4.78, 5) is 12.1. The number of carbonyl (C=O) groups excluding carboxylic acids is 1. The molecule has 1 amide bonds. The van der Waals surface area contributed by atoms with Crippen molar-refractivity contribution < 1.29 is 13.2 Å². The quantitative estimate of drug-likeness (QED) is 0.831. The maximum Gasteiger partial charge on any atom is 0.238 e. The van der Waals surface area contributed by atoms with Gasteiger partial charge in [0.1, 0.15) is 5.25 Å². The van der Waals surface area contributed by atoms with Crippen molar-refractivity contribution in [3.63, 3.8) is 0 Å². The second kappa shape index (κ2) is 7.40. The molecule has 0 aliphatic rings. The van der Waals surface area contributed by atoms with E-state index >= 15 is 0 Å². The van der Waals surface area contributed by atoms with Crippen molar-refractivity contribution in [1.82, 2.24) is 5.32 Å². The molecule has 1 rings (SSSR count). The first-order valence-corrected chi connectivity index (χ1v) is 9.32. The molecule has 21 heavy (non-hydrogen) atoms. The first kappa shape index (κ1) is 18.2. The normalized spacial score (nSPS) is 14.8. The summed E-state index contributed by atoms with van der Waals surface area (Å²) in [6.45, 7) is 6.49. The van der Waals surface area contributed by atoms with E-state index in [9.17, 15) is 13.2 Å². The molecule has 0 aliphatic carbocycles. The molecule has 0 spiro atoms. The Kier molecular flexibility index (Phi) is 6.41. The van der Waals surface area contributed by atoms with Crippen LogP contribution in [0.5, 0.6) is 0 Å². The molecule has 0 bridgehead atoms. The molecule has 0 saturated carbocycles. The summed E-state index contributed by atoms with van der Waals surface area (Å²) >= 11 is 3.37. The Labute approximate surface area is 135 Å². The Morgan fingerprint density at radius 1 is 1.14 bits per heavy atom. The fraction of sp³-hybridized carbons (Fsp3) is 0.533. The van der Waals surface area contributed by atoms with E-state index in [1.54, 1.807) is 13.8 Å². The molecule has 0 aromatic heterocycles. The number of benzene rings is 1. The SMILES string of the molecule is CC(C)S(=O)(=O)[C@@H](C)C(=O)N[C@@H](C)Cc1ccc(Br)cc1. The van der Waals surface area contributed by atoms with Gasteiger partial charge in [-0.05, 0) is 51.8 Å². The summed E-state index contributed by atoms with van der Waals surface area (Å²) in [5.74, 6) is -0.437. The minimum atomic E-state index is -3.42. The van der Waals surface area contributed by atoms with Crippen LogP contribution in [0.2, 0.25) is 0 Å². The van der Waals surface area contributed by atoms with Crippen molar-refractivity contribution in [3.05, 3.63) is 34.3 Å². The zero-order chi connectivity index (χ0) is 16.2. The van der Waals surface area contributed by atoms with Crippen LogP contribution in [0.4, 0.5) is 0 Å². The van der Waals surface area contributed by atoms with Gasteiger partial charge in [-0.15, -0.1) is 0 Å². The minimum absolute atomic E-state index is 0.122. The first-order valence-electron chi connectivity index (χ1n) is 6.92. The molecule has 0 heterocycles. The van der Waals surface area contributed by atoms with Crippen LogP contribution >= 0.6 is 15.9 Å². The molecule has 0 radical (unpaired) electrons. The van der Waals surface area contributed by atoms with Crippen molar-refractivity contribution in [2.24, 2.45) is 0 Å². The Morgan fingerprint density at radius 3 is 2.14 bits per heavy atom. The number of amides is 1. The van der Waals surface area contributed by atoms with Gasteiger partial charge in [-0.1, -0.05) is 28.1 Å². The standard InChI is InChI=1S/C15H22BrNO3S/c1-10(2)21(19,20)12(4)15(18)17-11(3)9-13-5-7-14(16)8-6-13/h5-8,10-12H,9H2,1-4H3,(H,17,18)/t11-,12-/m0/s1. The Balaban J connectivity index is 2.64. The third kappa shape index (κ3) is 5.11. The number of carbonyl (C=O) groups is 1. The maximum atomic E-state index is 12.1. The van der Waals surface area contributed by atoms with Gasteiger partial charge in [0.25, 0.3) is 0 Å². The highest BCUT2D eigenvalue weighted by Gasteiger charge is 2.31. The molecule has 0 aliphatic heterocycles. The van der Waals surface area contributed by atoms with Crippen LogP contribution in [0.1, 0.15) is 33.3 Å².